The van der Waals surface area contributed by atoms with E-state index >= 15 is 0 Å². The third-order valence-corrected chi connectivity index (χ3v) is 5.34. The van der Waals surface area contributed by atoms with Crippen molar-refractivity contribution in [1.29, 1.82) is 0 Å². The molecule has 1 atom stereocenters. The molecule has 0 N–H and O–H groups in total. The van der Waals surface area contributed by atoms with Crippen molar-refractivity contribution in [3.05, 3.63) is 65.5 Å². The number of hydrogen-bond donors (Lipinski definition) is 0. The summed E-state index contributed by atoms with van der Waals surface area (Å²) in [6.07, 6.45) is 1.94. The molecule has 1 aromatic heterocycles. The van der Waals surface area contributed by atoms with Gasteiger partial charge in [0.05, 0.1) is 25.4 Å². The van der Waals surface area contributed by atoms with Crippen molar-refractivity contribution in [3.63, 3.8) is 0 Å². The van der Waals surface area contributed by atoms with Crippen molar-refractivity contribution in [2.24, 2.45) is 0 Å². The number of likely N-dealkylation sites (tertiary alicyclic amines) is 1. The maximum absolute atomic E-state index is 13.4. The van der Waals surface area contributed by atoms with Gasteiger partial charge in [-0.1, -0.05) is 18.2 Å². The second-order valence-corrected chi connectivity index (χ2v) is 7.72. The molecule has 2 heterocycles. The van der Waals surface area contributed by atoms with E-state index in [0.717, 1.165) is 42.2 Å². The Kier molecular flexibility index (Phi) is 5.76. The Hall–Kier alpha value is -3.26. The molecule has 30 heavy (non-hydrogen) atoms. The average molecular weight is 406 g/mol. The lowest BCUT2D eigenvalue weighted by atomic mass is 10.0. The minimum atomic E-state index is 0.0254. The van der Waals surface area contributed by atoms with Crippen molar-refractivity contribution in [3.8, 4) is 11.4 Å². The fourth-order valence-corrected chi connectivity index (χ4v) is 3.91. The number of methoxy groups -OCH3 is 1. The number of benzene rings is 2. The van der Waals surface area contributed by atoms with E-state index in [-0.39, 0.29) is 11.9 Å². The minimum absolute atomic E-state index is 0.0254. The number of ether oxygens (including phenoxy) is 1. The maximum atomic E-state index is 13.4. The van der Waals surface area contributed by atoms with Gasteiger partial charge in [0, 0.05) is 12.1 Å². The number of hydrogen-bond acceptors (Lipinski definition) is 6. The standard InChI is InChI=1S/C22H26N6O2/c1-26(2)15-21-23-24-25-28(21)18-7-4-6-17(14-18)22(29)27-13-5-8-20(27)16-9-11-19(30-3)12-10-16/h4,6-7,9-12,14,20H,5,8,13,15H2,1-3H3/t20-/m1/s1. The number of aromatic nitrogens is 4. The van der Waals surface area contributed by atoms with E-state index in [0.29, 0.717) is 12.1 Å². The molecule has 4 rings (SSSR count). The first kappa shape index (κ1) is 20.0. The van der Waals surface area contributed by atoms with E-state index in [1.807, 2.05) is 72.4 Å². The zero-order valence-corrected chi connectivity index (χ0v) is 17.5. The first-order chi connectivity index (χ1) is 14.6. The normalized spacial score (nSPS) is 16.3. The summed E-state index contributed by atoms with van der Waals surface area (Å²) in [5, 5.41) is 12.0. The number of tetrazole rings is 1. The van der Waals surface area contributed by atoms with Crippen LogP contribution in [0.3, 0.4) is 0 Å². The first-order valence-corrected chi connectivity index (χ1v) is 10.0. The van der Waals surface area contributed by atoms with Gasteiger partial charge in [0.1, 0.15) is 5.75 Å². The third-order valence-electron chi connectivity index (χ3n) is 5.34. The van der Waals surface area contributed by atoms with Gasteiger partial charge in [-0.3, -0.25) is 4.79 Å². The lowest BCUT2D eigenvalue weighted by Gasteiger charge is -2.25. The van der Waals surface area contributed by atoms with Crippen LogP contribution in [0.15, 0.2) is 48.5 Å². The van der Waals surface area contributed by atoms with Crippen molar-refractivity contribution in [2.75, 3.05) is 27.7 Å². The molecule has 1 saturated heterocycles. The Labute approximate surface area is 176 Å². The molecule has 0 saturated carbocycles. The summed E-state index contributed by atoms with van der Waals surface area (Å²) < 4.78 is 6.94. The first-order valence-electron chi connectivity index (χ1n) is 10.0. The van der Waals surface area contributed by atoms with E-state index in [2.05, 4.69) is 15.5 Å². The van der Waals surface area contributed by atoms with Gasteiger partial charge in [0.15, 0.2) is 5.82 Å². The van der Waals surface area contributed by atoms with Crippen LogP contribution in [0.25, 0.3) is 5.69 Å². The molecule has 0 radical (unpaired) electrons. The lowest BCUT2D eigenvalue weighted by Crippen LogP contribution is -2.30. The van der Waals surface area contributed by atoms with Gasteiger partial charge in [-0.25, -0.2) is 0 Å². The third kappa shape index (κ3) is 4.04. The van der Waals surface area contributed by atoms with Crippen LogP contribution in [0, 0.1) is 0 Å². The fraction of sp³-hybridized carbons (Fsp3) is 0.364. The number of amides is 1. The highest BCUT2D eigenvalue weighted by atomic mass is 16.5. The van der Waals surface area contributed by atoms with E-state index in [9.17, 15) is 4.79 Å². The van der Waals surface area contributed by atoms with Crippen molar-refractivity contribution in [2.45, 2.75) is 25.4 Å². The highest BCUT2D eigenvalue weighted by molar-refractivity contribution is 5.95. The smallest absolute Gasteiger partial charge is 0.254 e. The van der Waals surface area contributed by atoms with Crippen LogP contribution in [0.1, 0.15) is 40.6 Å². The molecule has 0 spiro atoms. The molecule has 0 unspecified atom stereocenters. The van der Waals surface area contributed by atoms with Crippen LogP contribution >= 0.6 is 0 Å². The summed E-state index contributed by atoms with van der Waals surface area (Å²) in [5.74, 6) is 1.57. The molecule has 0 bridgehead atoms. The topological polar surface area (TPSA) is 76.4 Å². The summed E-state index contributed by atoms with van der Waals surface area (Å²) in [4.78, 5) is 17.3. The van der Waals surface area contributed by atoms with Crippen LogP contribution in [0.4, 0.5) is 0 Å². The number of nitrogens with zero attached hydrogens (tertiary/aromatic N) is 6. The molecule has 0 aliphatic carbocycles. The minimum Gasteiger partial charge on any atom is -0.497 e. The van der Waals surface area contributed by atoms with E-state index in [1.165, 1.54) is 0 Å². The number of carbonyl (C=O) groups excluding carboxylic acids is 1. The van der Waals surface area contributed by atoms with Gasteiger partial charge in [-0.15, -0.1) is 5.10 Å². The van der Waals surface area contributed by atoms with Crippen LogP contribution in [0.2, 0.25) is 0 Å². The molecule has 3 aromatic rings. The Morgan fingerprint density at radius 3 is 2.73 bits per heavy atom. The zero-order valence-electron chi connectivity index (χ0n) is 17.5. The maximum Gasteiger partial charge on any atom is 0.254 e. The highest BCUT2D eigenvalue weighted by Gasteiger charge is 2.30. The molecular formula is C22H26N6O2. The Morgan fingerprint density at radius 2 is 2.00 bits per heavy atom. The van der Waals surface area contributed by atoms with Gasteiger partial charge in [-0.2, -0.15) is 4.68 Å². The molecule has 8 heteroatoms. The molecule has 1 aliphatic heterocycles. The quantitative estimate of drug-likeness (QED) is 0.627. The lowest BCUT2D eigenvalue weighted by molar-refractivity contribution is 0.0735. The van der Waals surface area contributed by atoms with Crippen LogP contribution in [0.5, 0.6) is 5.75 Å². The summed E-state index contributed by atoms with van der Waals surface area (Å²) in [7, 11) is 5.58. The summed E-state index contributed by atoms with van der Waals surface area (Å²) in [6, 6.07) is 15.6. The summed E-state index contributed by atoms with van der Waals surface area (Å²) in [6.45, 7) is 1.35. The Bertz CT molecular complexity index is 1010. The molecule has 156 valence electrons. The highest BCUT2D eigenvalue weighted by Crippen LogP contribution is 2.34. The van der Waals surface area contributed by atoms with E-state index < -0.39 is 0 Å². The molecule has 8 nitrogen and oxygen atoms in total. The number of carbonyl (C=O) groups is 1. The largest absolute Gasteiger partial charge is 0.497 e. The van der Waals surface area contributed by atoms with Crippen LogP contribution in [-0.4, -0.2) is 63.7 Å². The van der Waals surface area contributed by atoms with Gasteiger partial charge in [0.25, 0.3) is 5.91 Å². The fourth-order valence-electron chi connectivity index (χ4n) is 3.91. The van der Waals surface area contributed by atoms with Gasteiger partial charge in [0.2, 0.25) is 0 Å². The van der Waals surface area contributed by atoms with Crippen molar-refractivity contribution < 1.29 is 9.53 Å². The van der Waals surface area contributed by atoms with Crippen molar-refractivity contribution >= 4 is 5.91 Å². The second kappa shape index (κ2) is 8.62. The Morgan fingerprint density at radius 1 is 1.20 bits per heavy atom. The van der Waals surface area contributed by atoms with Gasteiger partial charge in [-0.05, 0) is 73.3 Å². The van der Waals surface area contributed by atoms with Crippen LogP contribution < -0.4 is 4.74 Å². The molecule has 1 aliphatic rings. The summed E-state index contributed by atoms with van der Waals surface area (Å²) in [5.41, 5.74) is 2.55. The van der Waals surface area contributed by atoms with Crippen LogP contribution in [-0.2, 0) is 6.54 Å². The number of rotatable bonds is 6. The van der Waals surface area contributed by atoms with E-state index in [4.69, 9.17) is 4.74 Å². The van der Waals surface area contributed by atoms with Gasteiger partial charge >= 0.3 is 0 Å². The second-order valence-electron chi connectivity index (χ2n) is 7.72. The molecule has 1 amide bonds. The average Bonchev–Trinajstić information content (AvgIpc) is 3.43. The monoisotopic (exact) mass is 406 g/mol. The van der Waals surface area contributed by atoms with Crippen molar-refractivity contribution in [1.82, 2.24) is 30.0 Å². The molecule has 2 aromatic carbocycles. The molecular weight excluding hydrogens is 380 g/mol. The molecule has 1 fully saturated rings. The Balaban J connectivity index is 1.59. The van der Waals surface area contributed by atoms with E-state index in [1.54, 1.807) is 11.8 Å². The predicted octanol–water partition coefficient (Wildman–Crippen LogP) is 2.71. The zero-order chi connectivity index (χ0) is 21.1. The SMILES string of the molecule is COc1ccc([C@H]2CCCN2C(=O)c2cccc(-n3nnnc3CN(C)C)c2)cc1. The predicted molar refractivity (Wildman–Crippen MR) is 113 cm³/mol. The van der Waals surface area contributed by atoms with Gasteiger partial charge < -0.3 is 14.5 Å². The summed E-state index contributed by atoms with van der Waals surface area (Å²) >= 11 is 0.